The van der Waals surface area contributed by atoms with Gasteiger partial charge in [0, 0.05) is 13.0 Å². The minimum atomic E-state index is -1.72. The fourth-order valence-corrected chi connectivity index (χ4v) is 7.27. The van der Waals surface area contributed by atoms with E-state index in [0.717, 1.165) is 77.0 Å². The summed E-state index contributed by atoms with van der Waals surface area (Å²) in [7, 11) is 0. The Morgan fingerprint density at radius 2 is 1.02 bits per heavy atom. The van der Waals surface area contributed by atoms with Gasteiger partial charge in [0.25, 0.3) is 0 Å². The van der Waals surface area contributed by atoms with Crippen molar-refractivity contribution in [3.63, 3.8) is 0 Å². The van der Waals surface area contributed by atoms with Crippen LogP contribution in [0.5, 0.6) is 0 Å². The maximum absolute atomic E-state index is 13.0. The molecule has 0 aliphatic carbocycles. The first kappa shape index (κ1) is 57.8. The molecule has 370 valence electrons. The van der Waals surface area contributed by atoms with E-state index in [1.807, 2.05) is 0 Å². The summed E-state index contributed by atoms with van der Waals surface area (Å²) in [6.07, 6.45) is 27.2. The zero-order valence-corrected chi connectivity index (χ0v) is 39.0. The molecule has 7 N–H and O–H groups in total. The lowest BCUT2D eigenvalue weighted by Crippen LogP contribution is -2.61. The molecule has 14 heteroatoms. The third kappa shape index (κ3) is 25.6. The van der Waals surface area contributed by atoms with Gasteiger partial charge in [0.1, 0.15) is 54.9 Å². The summed E-state index contributed by atoms with van der Waals surface area (Å²) in [4.78, 5) is 13.0. The van der Waals surface area contributed by atoms with E-state index < -0.39 is 86.7 Å². The summed E-state index contributed by atoms with van der Waals surface area (Å²) < 4.78 is 34.2. The number of unbranched alkanes of at least 4 members (excludes halogenated alkanes) is 13. The van der Waals surface area contributed by atoms with Crippen molar-refractivity contribution < 1.29 is 69.0 Å². The van der Waals surface area contributed by atoms with Crippen LogP contribution in [0.2, 0.25) is 0 Å². The van der Waals surface area contributed by atoms with Gasteiger partial charge in [-0.25, -0.2) is 0 Å². The number of rotatable bonds is 37. The van der Waals surface area contributed by atoms with Crippen molar-refractivity contribution >= 4 is 5.97 Å². The van der Waals surface area contributed by atoms with Crippen molar-refractivity contribution in [2.45, 2.75) is 216 Å². The summed E-state index contributed by atoms with van der Waals surface area (Å²) in [5.41, 5.74) is 0. The molecule has 2 saturated heterocycles. The van der Waals surface area contributed by atoms with Gasteiger partial charge < -0.3 is 64.2 Å². The van der Waals surface area contributed by atoms with Crippen LogP contribution in [0.3, 0.4) is 0 Å². The minimum Gasteiger partial charge on any atom is -0.457 e. The fraction of sp³-hybridized carbons (Fsp3) is 0.780. The Morgan fingerprint density at radius 1 is 0.531 bits per heavy atom. The number of aliphatic hydroxyl groups excluding tert-OH is 7. The molecule has 0 saturated carbocycles. The molecule has 2 aliphatic heterocycles. The molecule has 0 amide bonds. The molecule has 2 heterocycles. The summed E-state index contributed by atoms with van der Waals surface area (Å²) in [5, 5.41) is 72.0. The quantitative estimate of drug-likeness (QED) is 0.0200. The highest BCUT2D eigenvalue weighted by Gasteiger charge is 2.47. The maximum Gasteiger partial charge on any atom is 0.306 e. The van der Waals surface area contributed by atoms with E-state index in [0.29, 0.717) is 13.0 Å². The SMILES string of the molecule is CC/C=C\C/C=C\C/C=C\CCCCCC(=O)OC(COCCCCCCCC/C=C\C/C=C\CCCCCC)COC1OC(COC2OC(CO)C(O)C(O)C2O)C(O)C(O)C1O. The number of carbonyl (C=O) groups excluding carboxylic acids is 1. The number of hydrogen-bond donors (Lipinski definition) is 7. The number of carbonyl (C=O) groups is 1. The van der Waals surface area contributed by atoms with Gasteiger partial charge in [-0.1, -0.05) is 126 Å². The van der Waals surface area contributed by atoms with Crippen LogP contribution in [-0.4, -0.2) is 142 Å². The van der Waals surface area contributed by atoms with Crippen LogP contribution in [0.25, 0.3) is 0 Å². The lowest BCUT2D eigenvalue weighted by Gasteiger charge is -2.42. The van der Waals surface area contributed by atoms with Gasteiger partial charge >= 0.3 is 5.97 Å². The molecule has 2 aliphatic rings. The highest BCUT2D eigenvalue weighted by molar-refractivity contribution is 5.69. The Labute approximate surface area is 384 Å². The van der Waals surface area contributed by atoms with Crippen LogP contribution in [0, 0.1) is 0 Å². The number of hydrogen-bond acceptors (Lipinski definition) is 14. The average Bonchev–Trinajstić information content (AvgIpc) is 3.29. The Morgan fingerprint density at radius 3 is 1.59 bits per heavy atom. The second-order valence-corrected chi connectivity index (χ2v) is 16.9. The summed E-state index contributed by atoms with van der Waals surface area (Å²) >= 11 is 0. The maximum atomic E-state index is 13.0. The number of allylic oxidation sites excluding steroid dienone is 10. The fourth-order valence-electron chi connectivity index (χ4n) is 7.27. The van der Waals surface area contributed by atoms with E-state index in [1.54, 1.807) is 0 Å². The predicted octanol–water partition coefficient (Wildman–Crippen LogP) is 6.57. The highest BCUT2D eigenvalue weighted by Crippen LogP contribution is 2.26. The van der Waals surface area contributed by atoms with Crippen LogP contribution >= 0.6 is 0 Å². The Bertz CT molecular complexity index is 1290. The van der Waals surface area contributed by atoms with Crippen LogP contribution in [0.1, 0.15) is 149 Å². The van der Waals surface area contributed by atoms with E-state index in [-0.39, 0.29) is 19.6 Å². The molecule has 0 aromatic carbocycles. The van der Waals surface area contributed by atoms with E-state index >= 15 is 0 Å². The van der Waals surface area contributed by atoms with E-state index in [4.69, 9.17) is 28.4 Å². The van der Waals surface area contributed by atoms with Crippen LogP contribution < -0.4 is 0 Å². The third-order valence-electron chi connectivity index (χ3n) is 11.3. The first-order valence-electron chi connectivity index (χ1n) is 24.4. The van der Waals surface area contributed by atoms with Gasteiger partial charge in [0.15, 0.2) is 12.6 Å². The first-order valence-corrected chi connectivity index (χ1v) is 24.4. The normalized spacial score (nSPS) is 27.3. The molecule has 11 atom stereocenters. The standard InChI is InChI=1S/C50H86O14/c1-3-5-7-9-11-13-15-17-18-19-20-22-24-26-28-30-32-34-59-36-39(62-42(52)33-31-29-27-25-23-21-16-14-12-10-8-6-4-2)37-60-49-48(58)46(56)44(54)41(64-49)38-61-50-47(57)45(55)43(53)40(35-51)63-50/h6,8,12-15,18-19,21,23,39-41,43-51,53-58H,3-5,7,9-11,16-17,20,22,24-38H2,1-2H3/b8-6-,14-12-,15-13-,19-18-,23-21-. The molecule has 0 aromatic rings. The largest absolute Gasteiger partial charge is 0.457 e. The van der Waals surface area contributed by atoms with Crippen molar-refractivity contribution in [3.8, 4) is 0 Å². The first-order chi connectivity index (χ1) is 31.1. The van der Waals surface area contributed by atoms with Crippen LogP contribution in [0.4, 0.5) is 0 Å². The van der Waals surface area contributed by atoms with Gasteiger partial charge in [-0.2, -0.15) is 0 Å². The zero-order valence-electron chi connectivity index (χ0n) is 39.0. The molecular weight excluding hydrogens is 825 g/mol. The van der Waals surface area contributed by atoms with E-state index in [9.17, 15) is 40.5 Å². The summed E-state index contributed by atoms with van der Waals surface area (Å²) in [6.45, 7) is 3.46. The Hall–Kier alpha value is -2.31. The van der Waals surface area contributed by atoms with Crippen molar-refractivity contribution in [1.29, 1.82) is 0 Å². The topological polar surface area (TPSA) is 214 Å². The number of ether oxygens (including phenoxy) is 6. The van der Waals surface area contributed by atoms with E-state index in [1.165, 1.54) is 44.9 Å². The molecule has 0 radical (unpaired) electrons. The molecule has 2 rings (SSSR count). The van der Waals surface area contributed by atoms with Crippen molar-refractivity contribution in [2.24, 2.45) is 0 Å². The Kier molecular flexibility index (Phi) is 34.1. The van der Waals surface area contributed by atoms with Gasteiger partial charge in [-0.15, -0.1) is 0 Å². The molecule has 0 spiro atoms. The van der Waals surface area contributed by atoms with Gasteiger partial charge in [0.05, 0.1) is 26.4 Å². The highest BCUT2D eigenvalue weighted by atomic mass is 16.7. The number of aliphatic hydroxyl groups is 7. The number of esters is 1. The predicted molar refractivity (Wildman–Crippen MR) is 247 cm³/mol. The average molecular weight is 911 g/mol. The monoisotopic (exact) mass is 911 g/mol. The van der Waals surface area contributed by atoms with Crippen molar-refractivity contribution in [2.75, 3.05) is 33.0 Å². The summed E-state index contributed by atoms with van der Waals surface area (Å²) in [5.74, 6) is -0.412. The van der Waals surface area contributed by atoms with E-state index in [2.05, 4.69) is 74.6 Å². The van der Waals surface area contributed by atoms with Gasteiger partial charge in [-0.3, -0.25) is 4.79 Å². The molecule has 64 heavy (non-hydrogen) atoms. The smallest absolute Gasteiger partial charge is 0.306 e. The van der Waals surface area contributed by atoms with Gasteiger partial charge in [-0.05, 0) is 77.0 Å². The third-order valence-corrected chi connectivity index (χ3v) is 11.3. The summed E-state index contributed by atoms with van der Waals surface area (Å²) in [6, 6.07) is 0. The molecule has 14 nitrogen and oxygen atoms in total. The van der Waals surface area contributed by atoms with Gasteiger partial charge in [0.2, 0.25) is 0 Å². The molecule has 11 unspecified atom stereocenters. The van der Waals surface area contributed by atoms with Crippen LogP contribution in [0.15, 0.2) is 60.8 Å². The zero-order chi connectivity index (χ0) is 46.6. The molecule has 0 bridgehead atoms. The second kappa shape index (κ2) is 37.7. The lowest BCUT2D eigenvalue weighted by molar-refractivity contribution is -0.332. The minimum absolute atomic E-state index is 0.0396. The van der Waals surface area contributed by atoms with Crippen molar-refractivity contribution in [1.82, 2.24) is 0 Å². The Balaban J connectivity index is 1.81. The van der Waals surface area contributed by atoms with Crippen LogP contribution in [-0.2, 0) is 33.2 Å². The molecule has 0 aromatic heterocycles. The molecular formula is C50H86O14. The second-order valence-electron chi connectivity index (χ2n) is 16.9. The molecule has 2 fully saturated rings. The van der Waals surface area contributed by atoms with Crippen molar-refractivity contribution in [3.05, 3.63) is 60.8 Å². The lowest BCUT2D eigenvalue weighted by atomic mass is 9.98.